The predicted molar refractivity (Wildman–Crippen MR) is 137 cm³/mol. The van der Waals surface area contributed by atoms with Gasteiger partial charge in [0.1, 0.15) is 11.6 Å². The third-order valence-electron chi connectivity index (χ3n) is 8.39. The van der Waals surface area contributed by atoms with Crippen LogP contribution >= 0.6 is 11.6 Å². The molecule has 4 heterocycles. The Hall–Kier alpha value is -2.93. The van der Waals surface area contributed by atoms with Gasteiger partial charge in [-0.15, -0.1) is 0 Å². The van der Waals surface area contributed by atoms with Gasteiger partial charge in [0.15, 0.2) is 5.15 Å². The van der Waals surface area contributed by atoms with Crippen LogP contribution in [0.5, 0.6) is 0 Å². The van der Waals surface area contributed by atoms with Gasteiger partial charge in [0.2, 0.25) is 0 Å². The summed E-state index contributed by atoms with van der Waals surface area (Å²) in [5.74, 6) is 3.70. The van der Waals surface area contributed by atoms with Crippen LogP contribution in [0.25, 0.3) is 33.6 Å². The fourth-order valence-corrected chi connectivity index (χ4v) is 6.37. The van der Waals surface area contributed by atoms with Gasteiger partial charge in [-0.3, -0.25) is 0 Å². The highest BCUT2D eigenvalue weighted by atomic mass is 35.5. The zero-order chi connectivity index (χ0) is 23.1. The third kappa shape index (κ3) is 3.54. The van der Waals surface area contributed by atoms with Crippen molar-refractivity contribution in [1.82, 2.24) is 30.6 Å². The van der Waals surface area contributed by atoms with E-state index < -0.39 is 0 Å². The lowest BCUT2D eigenvalue weighted by Gasteiger charge is -2.09. The highest BCUT2D eigenvalue weighted by Crippen LogP contribution is 2.46. The molecule has 2 aliphatic heterocycles. The monoisotopic (exact) mass is 482 g/mol. The maximum Gasteiger partial charge on any atom is 0.155 e. The smallest absolute Gasteiger partial charge is 0.155 e. The first-order valence-electron chi connectivity index (χ1n) is 12.7. The molecule has 6 atom stereocenters. The molecule has 4 fully saturated rings. The highest BCUT2D eigenvalue weighted by Gasteiger charge is 2.47. The summed E-state index contributed by atoms with van der Waals surface area (Å²) < 4.78 is 0. The van der Waals surface area contributed by atoms with Crippen LogP contribution < -0.4 is 10.6 Å². The molecule has 0 bridgehead atoms. The second-order valence-corrected chi connectivity index (χ2v) is 11.1. The molecule has 0 spiro atoms. The second kappa shape index (κ2) is 7.53. The Bertz CT molecular complexity index is 1380. The van der Waals surface area contributed by atoms with Crippen LogP contribution in [0.15, 0.2) is 54.7 Å². The third-order valence-corrected chi connectivity index (χ3v) is 8.66. The Morgan fingerprint density at radius 3 is 1.83 bits per heavy atom. The molecule has 2 aliphatic carbocycles. The number of hydrogen-bond donors (Lipinski definition) is 4. The van der Waals surface area contributed by atoms with Crippen molar-refractivity contribution in [1.29, 1.82) is 0 Å². The summed E-state index contributed by atoms with van der Waals surface area (Å²) in [5, 5.41) is 7.85. The molecule has 8 rings (SSSR count). The Morgan fingerprint density at radius 2 is 1.23 bits per heavy atom. The molecular formula is C28H27ClN6. The Kier molecular flexibility index (Phi) is 4.36. The van der Waals surface area contributed by atoms with Crippen LogP contribution in [-0.2, 0) is 0 Å². The number of imidazole rings is 2. The average molecular weight is 483 g/mol. The number of fused-ring (bicyclic) bond motifs is 2. The van der Waals surface area contributed by atoms with Crippen LogP contribution in [-0.4, -0.2) is 32.0 Å². The quantitative estimate of drug-likeness (QED) is 0.297. The molecule has 4 N–H and O–H groups in total. The molecule has 4 aromatic rings. The standard InChI is InChI=1S/C28H27ClN6/c29-26-25(34-28(35-26)23-12-19-10-21(19)32-23)17-7-3-15(4-8-17)14-1-5-16(6-2-14)24-13-30-27(33-24)22-11-18-9-20(18)31-22/h1-8,13,18-23,31-32H,9-12H2,(H,30,33)(H,34,35)/t18?,19?,20?,21?,22-,23-/m0/s1. The van der Waals surface area contributed by atoms with Crippen molar-refractivity contribution in [2.24, 2.45) is 11.8 Å². The molecule has 2 aromatic heterocycles. The van der Waals surface area contributed by atoms with E-state index in [1.165, 1.54) is 30.4 Å². The minimum Gasteiger partial charge on any atom is -0.341 e. The van der Waals surface area contributed by atoms with Crippen molar-refractivity contribution < 1.29 is 0 Å². The maximum atomic E-state index is 6.51. The number of nitrogens with one attached hydrogen (secondary N) is 4. The van der Waals surface area contributed by atoms with Gasteiger partial charge in [-0.1, -0.05) is 60.1 Å². The first kappa shape index (κ1) is 20.3. The number of rotatable bonds is 5. The lowest BCUT2D eigenvalue weighted by atomic mass is 10.0. The lowest BCUT2D eigenvalue weighted by Crippen LogP contribution is -2.18. The van der Waals surface area contributed by atoms with Gasteiger partial charge < -0.3 is 20.6 Å². The molecule has 2 saturated carbocycles. The summed E-state index contributed by atoms with van der Waals surface area (Å²) >= 11 is 6.51. The molecule has 0 radical (unpaired) electrons. The number of H-pyrrole nitrogens is 2. The van der Waals surface area contributed by atoms with Crippen molar-refractivity contribution in [3.63, 3.8) is 0 Å². The summed E-state index contributed by atoms with van der Waals surface area (Å²) in [6.07, 6.45) is 6.96. The van der Waals surface area contributed by atoms with E-state index in [-0.39, 0.29) is 0 Å². The van der Waals surface area contributed by atoms with Crippen molar-refractivity contribution in [3.8, 4) is 33.6 Å². The number of piperidine rings is 2. The minimum absolute atomic E-state index is 0.300. The van der Waals surface area contributed by atoms with E-state index >= 15 is 0 Å². The van der Waals surface area contributed by atoms with Gasteiger partial charge in [-0.2, -0.15) is 0 Å². The number of hydrogen-bond acceptors (Lipinski definition) is 4. The first-order chi connectivity index (χ1) is 17.2. The zero-order valence-corrected chi connectivity index (χ0v) is 20.0. The average Bonchev–Trinajstić information content (AvgIpc) is 3.47. The van der Waals surface area contributed by atoms with Gasteiger partial charge in [-0.25, -0.2) is 9.97 Å². The minimum atomic E-state index is 0.300. The number of halogens is 1. The van der Waals surface area contributed by atoms with E-state index in [0.717, 1.165) is 58.5 Å². The molecule has 176 valence electrons. The number of aromatic amines is 2. The van der Waals surface area contributed by atoms with Crippen LogP contribution in [0.3, 0.4) is 0 Å². The molecule has 2 saturated heterocycles. The van der Waals surface area contributed by atoms with Crippen LogP contribution in [0, 0.1) is 11.8 Å². The van der Waals surface area contributed by atoms with Crippen LogP contribution in [0.1, 0.15) is 49.4 Å². The second-order valence-electron chi connectivity index (χ2n) is 10.7. The van der Waals surface area contributed by atoms with Gasteiger partial charge in [0.05, 0.1) is 29.7 Å². The Morgan fingerprint density at radius 1 is 0.657 bits per heavy atom. The molecule has 4 unspecified atom stereocenters. The van der Waals surface area contributed by atoms with E-state index in [2.05, 4.69) is 79.1 Å². The molecule has 35 heavy (non-hydrogen) atoms. The fraction of sp³-hybridized carbons (Fsp3) is 0.357. The normalized spacial score (nSPS) is 30.3. The molecule has 0 amide bonds. The van der Waals surface area contributed by atoms with Crippen LogP contribution in [0.4, 0.5) is 0 Å². The van der Waals surface area contributed by atoms with Gasteiger partial charge in [0.25, 0.3) is 0 Å². The lowest BCUT2D eigenvalue weighted by molar-refractivity contribution is 0.543. The summed E-state index contributed by atoms with van der Waals surface area (Å²) in [7, 11) is 0. The van der Waals surface area contributed by atoms with Gasteiger partial charge >= 0.3 is 0 Å². The highest BCUT2D eigenvalue weighted by molar-refractivity contribution is 6.31. The van der Waals surface area contributed by atoms with Crippen molar-refractivity contribution in [2.45, 2.75) is 49.9 Å². The van der Waals surface area contributed by atoms with E-state index in [1.54, 1.807) is 0 Å². The summed E-state index contributed by atoms with van der Waals surface area (Å²) in [4.78, 5) is 16.3. The van der Waals surface area contributed by atoms with Gasteiger partial charge in [-0.05, 0) is 54.2 Å². The molecule has 7 heteroatoms. The van der Waals surface area contributed by atoms with Gasteiger partial charge in [0, 0.05) is 17.6 Å². The predicted octanol–water partition coefficient (Wildman–Crippen LogP) is 5.63. The van der Waals surface area contributed by atoms with Crippen LogP contribution in [0.2, 0.25) is 5.15 Å². The molecule has 6 nitrogen and oxygen atoms in total. The Balaban J connectivity index is 0.987. The van der Waals surface area contributed by atoms with Crippen molar-refractivity contribution in [3.05, 3.63) is 71.5 Å². The molecule has 2 aromatic carbocycles. The number of nitrogens with zero attached hydrogens (tertiary/aromatic N) is 2. The number of aromatic nitrogens is 4. The molecule has 4 aliphatic rings. The SMILES string of the molecule is Clc1nc([C@@H]2CC3CC3N2)[nH]c1-c1ccc(-c2ccc(-c3cnc([C@@H]4CC5CC5N4)[nH]3)cc2)cc1. The van der Waals surface area contributed by atoms with E-state index in [1.807, 2.05) is 6.20 Å². The van der Waals surface area contributed by atoms with E-state index in [0.29, 0.717) is 23.3 Å². The number of benzene rings is 2. The summed E-state index contributed by atoms with van der Waals surface area (Å²) in [5.41, 5.74) is 6.54. The summed E-state index contributed by atoms with van der Waals surface area (Å²) in [6, 6.07) is 19.3. The molecular weight excluding hydrogens is 456 g/mol. The maximum absolute atomic E-state index is 6.51. The van der Waals surface area contributed by atoms with Crippen molar-refractivity contribution >= 4 is 11.6 Å². The first-order valence-corrected chi connectivity index (χ1v) is 13.1. The Labute approximate surface area is 208 Å². The van der Waals surface area contributed by atoms with E-state index in [4.69, 9.17) is 11.6 Å². The van der Waals surface area contributed by atoms with Crippen molar-refractivity contribution in [2.75, 3.05) is 0 Å². The topological polar surface area (TPSA) is 81.4 Å². The van der Waals surface area contributed by atoms with E-state index in [9.17, 15) is 0 Å². The summed E-state index contributed by atoms with van der Waals surface area (Å²) in [6.45, 7) is 0. The largest absolute Gasteiger partial charge is 0.341 e. The zero-order valence-electron chi connectivity index (χ0n) is 19.3. The fourth-order valence-electron chi connectivity index (χ4n) is 6.12.